The van der Waals surface area contributed by atoms with E-state index in [-0.39, 0.29) is 11.7 Å². The SMILES string of the molecule is COCCN1CCCN(C(=O)c2nn[nH]n2)CC1. The molecule has 1 aliphatic rings. The van der Waals surface area contributed by atoms with E-state index < -0.39 is 0 Å². The number of aromatic nitrogens is 4. The van der Waals surface area contributed by atoms with E-state index in [1.54, 1.807) is 12.0 Å². The fourth-order valence-electron chi connectivity index (χ4n) is 2.01. The molecule has 0 unspecified atom stereocenters. The molecule has 1 saturated heterocycles. The molecule has 0 saturated carbocycles. The van der Waals surface area contributed by atoms with Crippen LogP contribution >= 0.6 is 0 Å². The van der Waals surface area contributed by atoms with Gasteiger partial charge in [-0.25, -0.2) is 0 Å². The second-order valence-electron chi connectivity index (χ2n) is 4.22. The van der Waals surface area contributed by atoms with E-state index in [0.717, 1.165) is 39.2 Å². The maximum atomic E-state index is 12.0. The lowest BCUT2D eigenvalue weighted by Crippen LogP contribution is -2.36. The highest BCUT2D eigenvalue weighted by molar-refractivity contribution is 5.90. The second kappa shape index (κ2) is 6.41. The third-order valence-electron chi connectivity index (χ3n) is 3.02. The Morgan fingerprint density at radius 1 is 1.39 bits per heavy atom. The normalized spacial score (nSPS) is 17.7. The summed E-state index contributed by atoms with van der Waals surface area (Å²) in [6.45, 7) is 4.89. The first kappa shape index (κ1) is 12.9. The van der Waals surface area contributed by atoms with E-state index in [1.165, 1.54) is 0 Å². The Morgan fingerprint density at radius 3 is 3.00 bits per heavy atom. The summed E-state index contributed by atoms with van der Waals surface area (Å²) >= 11 is 0. The minimum atomic E-state index is -0.155. The van der Waals surface area contributed by atoms with Crippen LogP contribution in [0.25, 0.3) is 0 Å². The molecular formula is C10H18N6O2. The number of hydrogen-bond donors (Lipinski definition) is 1. The maximum Gasteiger partial charge on any atom is 0.295 e. The highest BCUT2D eigenvalue weighted by Crippen LogP contribution is 2.05. The molecule has 1 aliphatic heterocycles. The number of carbonyl (C=O) groups excluding carboxylic acids is 1. The van der Waals surface area contributed by atoms with Gasteiger partial charge in [-0.1, -0.05) is 0 Å². The lowest BCUT2D eigenvalue weighted by Gasteiger charge is -2.20. The van der Waals surface area contributed by atoms with Crippen molar-refractivity contribution < 1.29 is 9.53 Å². The lowest BCUT2D eigenvalue weighted by molar-refractivity contribution is 0.0747. The number of aromatic amines is 1. The van der Waals surface area contributed by atoms with Gasteiger partial charge >= 0.3 is 0 Å². The van der Waals surface area contributed by atoms with Crippen LogP contribution in [0.15, 0.2) is 0 Å². The smallest absolute Gasteiger partial charge is 0.295 e. The van der Waals surface area contributed by atoms with E-state index in [9.17, 15) is 4.79 Å². The quantitative estimate of drug-likeness (QED) is 0.741. The number of amides is 1. The van der Waals surface area contributed by atoms with Gasteiger partial charge in [-0.05, 0) is 18.2 Å². The van der Waals surface area contributed by atoms with Gasteiger partial charge in [0.2, 0.25) is 0 Å². The van der Waals surface area contributed by atoms with Crippen molar-refractivity contribution in [2.24, 2.45) is 0 Å². The number of ether oxygens (including phenoxy) is 1. The first-order valence-electron chi connectivity index (χ1n) is 6.05. The number of rotatable bonds is 4. The zero-order valence-corrected chi connectivity index (χ0v) is 10.5. The number of H-pyrrole nitrogens is 1. The topological polar surface area (TPSA) is 87.2 Å². The lowest BCUT2D eigenvalue weighted by atomic mass is 10.3. The summed E-state index contributed by atoms with van der Waals surface area (Å²) in [5.41, 5.74) is 0. The Balaban J connectivity index is 1.87. The van der Waals surface area contributed by atoms with Crippen LogP contribution < -0.4 is 0 Å². The van der Waals surface area contributed by atoms with Crippen LogP contribution in [0.2, 0.25) is 0 Å². The molecule has 100 valence electrons. The fraction of sp³-hybridized carbons (Fsp3) is 0.800. The Kier molecular flexibility index (Phi) is 4.59. The second-order valence-corrected chi connectivity index (χ2v) is 4.22. The summed E-state index contributed by atoms with van der Waals surface area (Å²) in [6, 6.07) is 0. The van der Waals surface area contributed by atoms with Gasteiger partial charge in [0.25, 0.3) is 11.7 Å². The first-order chi connectivity index (χ1) is 8.81. The van der Waals surface area contributed by atoms with Crippen molar-refractivity contribution in [2.75, 3.05) is 46.4 Å². The maximum absolute atomic E-state index is 12.0. The predicted octanol–water partition coefficient (Wildman–Crippen LogP) is -1.01. The predicted molar refractivity (Wildman–Crippen MR) is 63.0 cm³/mol. The summed E-state index contributed by atoms with van der Waals surface area (Å²) in [7, 11) is 1.70. The van der Waals surface area contributed by atoms with E-state index in [1.807, 2.05) is 0 Å². The Bertz CT molecular complexity index is 368. The minimum Gasteiger partial charge on any atom is -0.383 e. The van der Waals surface area contributed by atoms with Crippen LogP contribution in [0.1, 0.15) is 17.0 Å². The molecule has 18 heavy (non-hydrogen) atoms. The van der Waals surface area contributed by atoms with E-state index in [4.69, 9.17) is 4.74 Å². The number of hydrogen-bond acceptors (Lipinski definition) is 6. The Hall–Kier alpha value is -1.54. The standard InChI is InChI=1S/C10H18N6O2/c1-18-8-7-15-3-2-4-16(6-5-15)10(17)9-11-13-14-12-9/h2-8H2,1H3,(H,11,12,13,14). The molecule has 1 fully saturated rings. The van der Waals surface area contributed by atoms with E-state index in [2.05, 4.69) is 25.5 Å². The van der Waals surface area contributed by atoms with Gasteiger partial charge in [-0.15, -0.1) is 10.2 Å². The minimum absolute atomic E-state index is 0.139. The monoisotopic (exact) mass is 254 g/mol. The third kappa shape index (κ3) is 3.23. The summed E-state index contributed by atoms with van der Waals surface area (Å²) in [6.07, 6.45) is 0.952. The molecule has 8 heteroatoms. The van der Waals surface area contributed by atoms with Crippen molar-refractivity contribution in [3.63, 3.8) is 0 Å². The van der Waals surface area contributed by atoms with E-state index >= 15 is 0 Å². The third-order valence-corrected chi connectivity index (χ3v) is 3.02. The Morgan fingerprint density at radius 2 is 2.28 bits per heavy atom. The van der Waals surface area contributed by atoms with Crippen LogP contribution in [-0.2, 0) is 4.74 Å². The highest BCUT2D eigenvalue weighted by Gasteiger charge is 2.22. The number of nitrogens with zero attached hydrogens (tertiary/aromatic N) is 5. The van der Waals surface area contributed by atoms with Gasteiger partial charge in [0.1, 0.15) is 0 Å². The summed E-state index contributed by atoms with van der Waals surface area (Å²) in [4.78, 5) is 16.1. The molecule has 0 atom stereocenters. The van der Waals surface area contributed by atoms with E-state index in [0.29, 0.717) is 6.54 Å². The van der Waals surface area contributed by atoms with Crippen molar-refractivity contribution >= 4 is 5.91 Å². The molecule has 0 spiro atoms. The van der Waals surface area contributed by atoms with Gasteiger partial charge in [0.15, 0.2) is 0 Å². The first-order valence-corrected chi connectivity index (χ1v) is 6.05. The average Bonchev–Trinajstić information content (AvgIpc) is 2.82. The van der Waals surface area contributed by atoms with Crippen LogP contribution in [0.3, 0.4) is 0 Å². The van der Waals surface area contributed by atoms with Crippen molar-refractivity contribution in [1.29, 1.82) is 0 Å². The number of tetrazole rings is 1. The molecule has 1 N–H and O–H groups in total. The molecule has 1 aromatic rings. The number of nitrogens with one attached hydrogen (secondary N) is 1. The zero-order chi connectivity index (χ0) is 12.8. The van der Waals surface area contributed by atoms with Gasteiger partial charge in [-0.3, -0.25) is 9.69 Å². The molecule has 1 amide bonds. The molecular weight excluding hydrogens is 236 g/mol. The van der Waals surface area contributed by atoms with Gasteiger partial charge in [-0.2, -0.15) is 5.21 Å². The molecule has 2 heterocycles. The van der Waals surface area contributed by atoms with Crippen molar-refractivity contribution in [3.8, 4) is 0 Å². The fourth-order valence-corrected chi connectivity index (χ4v) is 2.01. The number of carbonyl (C=O) groups is 1. The van der Waals surface area contributed by atoms with Crippen LogP contribution in [-0.4, -0.2) is 82.8 Å². The molecule has 8 nitrogen and oxygen atoms in total. The molecule has 1 aromatic heterocycles. The number of methoxy groups -OCH3 is 1. The average molecular weight is 254 g/mol. The molecule has 2 rings (SSSR count). The van der Waals surface area contributed by atoms with Gasteiger partial charge in [0, 0.05) is 33.3 Å². The zero-order valence-electron chi connectivity index (χ0n) is 10.5. The van der Waals surface area contributed by atoms with Crippen molar-refractivity contribution in [2.45, 2.75) is 6.42 Å². The molecule has 0 aromatic carbocycles. The highest BCUT2D eigenvalue weighted by atomic mass is 16.5. The molecule has 0 radical (unpaired) electrons. The molecule has 0 bridgehead atoms. The summed E-state index contributed by atoms with van der Waals surface area (Å²) in [5, 5.41) is 13.1. The van der Waals surface area contributed by atoms with Gasteiger partial charge in [0.05, 0.1) is 6.61 Å². The van der Waals surface area contributed by atoms with Gasteiger partial charge < -0.3 is 9.64 Å². The molecule has 0 aliphatic carbocycles. The van der Waals surface area contributed by atoms with Crippen molar-refractivity contribution in [3.05, 3.63) is 5.82 Å². The van der Waals surface area contributed by atoms with Crippen LogP contribution in [0.4, 0.5) is 0 Å². The summed E-state index contributed by atoms with van der Waals surface area (Å²) in [5.74, 6) is -0.0160. The van der Waals surface area contributed by atoms with Crippen molar-refractivity contribution in [1.82, 2.24) is 30.4 Å². The van der Waals surface area contributed by atoms with Crippen LogP contribution in [0.5, 0.6) is 0 Å². The summed E-state index contributed by atoms with van der Waals surface area (Å²) < 4.78 is 5.06. The largest absolute Gasteiger partial charge is 0.383 e. The van der Waals surface area contributed by atoms with Crippen LogP contribution in [0, 0.1) is 0 Å². The Labute approximate surface area is 105 Å².